The third-order valence-electron chi connectivity index (χ3n) is 2.03. The van der Waals surface area contributed by atoms with Crippen LogP contribution >= 0.6 is 0 Å². The predicted molar refractivity (Wildman–Crippen MR) is 42.8 cm³/mol. The lowest BCUT2D eigenvalue weighted by molar-refractivity contribution is 0.332. The van der Waals surface area contributed by atoms with Crippen LogP contribution in [0.15, 0.2) is 22.8 Å². The second kappa shape index (κ2) is 3.02. The lowest BCUT2D eigenvalue weighted by Crippen LogP contribution is -1.98. The second-order valence-electron chi connectivity index (χ2n) is 2.95. The van der Waals surface area contributed by atoms with Crippen LogP contribution in [0.5, 0.6) is 0 Å². The molecule has 1 aliphatic rings. The van der Waals surface area contributed by atoms with Gasteiger partial charge >= 0.3 is 0 Å². The second-order valence-corrected chi connectivity index (χ2v) is 2.95. The highest BCUT2D eigenvalue weighted by Crippen LogP contribution is 2.22. The van der Waals surface area contributed by atoms with Gasteiger partial charge in [-0.3, -0.25) is 0 Å². The molecule has 0 saturated carbocycles. The molecule has 0 bridgehead atoms. The maximum Gasteiger partial charge on any atom is 0.0681 e. The summed E-state index contributed by atoms with van der Waals surface area (Å²) in [6.07, 6.45) is 4.38. The van der Waals surface area contributed by atoms with Crippen molar-refractivity contribution in [2.45, 2.75) is 26.7 Å². The summed E-state index contributed by atoms with van der Waals surface area (Å²) in [4.78, 5) is 0. The molecule has 1 nitrogen and oxygen atoms in total. The zero-order valence-electron chi connectivity index (χ0n) is 6.65. The van der Waals surface area contributed by atoms with Gasteiger partial charge in [0.2, 0.25) is 0 Å². The molecule has 0 aromatic carbocycles. The zero-order valence-corrected chi connectivity index (χ0v) is 6.65. The van der Waals surface area contributed by atoms with E-state index in [4.69, 9.17) is 5.11 Å². The molecule has 10 heavy (non-hydrogen) atoms. The van der Waals surface area contributed by atoms with Crippen LogP contribution in [0.3, 0.4) is 0 Å². The van der Waals surface area contributed by atoms with Gasteiger partial charge in [0.15, 0.2) is 0 Å². The lowest BCUT2D eigenvalue weighted by Gasteiger charge is -2.13. The van der Waals surface area contributed by atoms with Crippen molar-refractivity contribution in [2.75, 3.05) is 6.61 Å². The highest BCUT2D eigenvalue weighted by Gasteiger charge is 2.05. The van der Waals surface area contributed by atoms with Crippen LogP contribution in [-0.2, 0) is 0 Å². The Morgan fingerprint density at radius 1 is 1.40 bits per heavy atom. The Bertz CT molecular complexity index is 187. The molecule has 56 valence electrons. The Hall–Kier alpha value is -0.560. The molecule has 0 atom stereocenters. The van der Waals surface area contributed by atoms with Crippen molar-refractivity contribution in [2.24, 2.45) is 0 Å². The smallest absolute Gasteiger partial charge is 0.0681 e. The number of rotatable bonds is 1. The van der Waals surface area contributed by atoms with Crippen molar-refractivity contribution in [3.05, 3.63) is 22.8 Å². The zero-order chi connectivity index (χ0) is 7.56. The molecule has 0 amide bonds. The van der Waals surface area contributed by atoms with Gasteiger partial charge in [-0.25, -0.2) is 0 Å². The molecule has 1 N–H and O–H groups in total. The normalized spacial score (nSPS) is 19.3. The van der Waals surface area contributed by atoms with Gasteiger partial charge in [-0.1, -0.05) is 17.2 Å². The summed E-state index contributed by atoms with van der Waals surface area (Å²) in [5.74, 6) is 0. The van der Waals surface area contributed by atoms with E-state index < -0.39 is 0 Å². The van der Waals surface area contributed by atoms with Crippen molar-refractivity contribution >= 4 is 0 Å². The van der Waals surface area contributed by atoms with Crippen molar-refractivity contribution in [3.8, 4) is 0 Å². The number of allylic oxidation sites excluding steroid dienone is 2. The van der Waals surface area contributed by atoms with E-state index >= 15 is 0 Å². The van der Waals surface area contributed by atoms with Gasteiger partial charge in [-0.2, -0.15) is 0 Å². The molecule has 1 rings (SSSR count). The van der Waals surface area contributed by atoms with Gasteiger partial charge in [0.25, 0.3) is 0 Å². The first-order valence-corrected chi connectivity index (χ1v) is 3.70. The largest absolute Gasteiger partial charge is 0.392 e. The van der Waals surface area contributed by atoms with Crippen LogP contribution in [0, 0.1) is 0 Å². The average molecular weight is 138 g/mol. The van der Waals surface area contributed by atoms with Crippen LogP contribution in [0.2, 0.25) is 0 Å². The first-order valence-electron chi connectivity index (χ1n) is 3.70. The molecule has 0 aromatic heterocycles. The molecule has 0 fully saturated rings. The molecule has 0 aromatic rings. The predicted octanol–water partition coefficient (Wildman–Crippen LogP) is 2.04. The Labute approximate surface area is 62.1 Å². The number of aliphatic hydroxyl groups excluding tert-OH is 1. The van der Waals surface area contributed by atoms with E-state index in [2.05, 4.69) is 19.9 Å². The molecular formula is C9H14O. The van der Waals surface area contributed by atoms with E-state index in [9.17, 15) is 0 Å². The fourth-order valence-electron chi connectivity index (χ4n) is 1.22. The maximum absolute atomic E-state index is 8.88. The highest BCUT2D eigenvalue weighted by atomic mass is 16.3. The average Bonchev–Trinajstić information content (AvgIpc) is 1.94. The number of hydrogen-bond acceptors (Lipinski definition) is 1. The van der Waals surface area contributed by atoms with Crippen molar-refractivity contribution in [3.63, 3.8) is 0 Å². The van der Waals surface area contributed by atoms with Gasteiger partial charge in [0, 0.05) is 0 Å². The van der Waals surface area contributed by atoms with Crippen LogP contribution in [0.25, 0.3) is 0 Å². The van der Waals surface area contributed by atoms with Gasteiger partial charge in [-0.15, -0.1) is 0 Å². The minimum absolute atomic E-state index is 0.198. The molecule has 1 aliphatic carbocycles. The van der Waals surface area contributed by atoms with Crippen LogP contribution in [-0.4, -0.2) is 11.7 Å². The van der Waals surface area contributed by atoms with E-state index in [-0.39, 0.29) is 6.61 Å². The summed E-state index contributed by atoms with van der Waals surface area (Å²) in [5.41, 5.74) is 3.84. The molecule has 1 heteroatoms. The van der Waals surface area contributed by atoms with Gasteiger partial charge in [0.05, 0.1) is 6.61 Å². The first-order chi connectivity index (χ1) is 4.74. The SMILES string of the molecule is CC1=CC(CO)=C(C)CC1. The molecule has 0 spiro atoms. The van der Waals surface area contributed by atoms with Gasteiger partial charge < -0.3 is 5.11 Å². The van der Waals surface area contributed by atoms with E-state index in [0.717, 1.165) is 18.4 Å². The lowest BCUT2D eigenvalue weighted by atomic mass is 9.95. The van der Waals surface area contributed by atoms with Crippen LogP contribution < -0.4 is 0 Å². The van der Waals surface area contributed by atoms with E-state index in [1.165, 1.54) is 11.1 Å². The molecule has 0 aliphatic heterocycles. The molecule has 0 heterocycles. The molecule has 0 radical (unpaired) electrons. The highest BCUT2D eigenvalue weighted by molar-refractivity contribution is 5.32. The molecule has 0 saturated heterocycles. The van der Waals surface area contributed by atoms with Gasteiger partial charge in [-0.05, 0) is 32.3 Å². The summed E-state index contributed by atoms with van der Waals surface area (Å²) >= 11 is 0. The van der Waals surface area contributed by atoms with E-state index in [1.54, 1.807) is 0 Å². The minimum atomic E-state index is 0.198. The van der Waals surface area contributed by atoms with Crippen LogP contribution in [0.1, 0.15) is 26.7 Å². The van der Waals surface area contributed by atoms with E-state index in [1.807, 2.05) is 0 Å². The summed E-state index contributed by atoms with van der Waals surface area (Å²) in [6, 6.07) is 0. The standard InChI is InChI=1S/C9H14O/c1-7-3-4-8(2)9(5-7)6-10/h5,10H,3-4,6H2,1-2H3. The Morgan fingerprint density at radius 3 is 2.60 bits per heavy atom. The number of aliphatic hydroxyl groups is 1. The Balaban J connectivity index is 2.82. The summed E-state index contributed by atoms with van der Waals surface area (Å²) in [5, 5.41) is 8.88. The third-order valence-corrected chi connectivity index (χ3v) is 2.03. The first kappa shape index (κ1) is 7.55. The fraction of sp³-hybridized carbons (Fsp3) is 0.556. The summed E-state index contributed by atoms with van der Waals surface area (Å²) < 4.78 is 0. The van der Waals surface area contributed by atoms with Crippen molar-refractivity contribution < 1.29 is 5.11 Å². The molecular weight excluding hydrogens is 124 g/mol. The minimum Gasteiger partial charge on any atom is -0.392 e. The topological polar surface area (TPSA) is 20.2 Å². The monoisotopic (exact) mass is 138 g/mol. The summed E-state index contributed by atoms with van der Waals surface area (Å²) in [6.45, 7) is 4.40. The maximum atomic E-state index is 8.88. The number of hydrogen-bond donors (Lipinski definition) is 1. The Kier molecular flexibility index (Phi) is 2.28. The van der Waals surface area contributed by atoms with Crippen LogP contribution in [0.4, 0.5) is 0 Å². The molecule has 0 unspecified atom stereocenters. The quantitative estimate of drug-likeness (QED) is 0.588. The van der Waals surface area contributed by atoms with Gasteiger partial charge in [0.1, 0.15) is 0 Å². The Morgan fingerprint density at radius 2 is 2.10 bits per heavy atom. The summed E-state index contributed by atoms with van der Waals surface area (Å²) in [7, 11) is 0. The van der Waals surface area contributed by atoms with Crippen molar-refractivity contribution in [1.29, 1.82) is 0 Å². The third kappa shape index (κ3) is 1.48. The van der Waals surface area contributed by atoms with Crippen molar-refractivity contribution in [1.82, 2.24) is 0 Å². The fourth-order valence-corrected chi connectivity index (χ4v) is 1.22. The van der Waals surface area contributed by atoms with E-state index in [0.29, 0.717) is 0 Å².